The molecule has 1 aromatic heterocycles. The molecular weight excluding hydrogens is 266 g/mol. The van der Waals surface area contributed by atoms with Gasteiger partial charge >= 0.3 is 0 Å². The van der Waals surface area contributed by atoms with Gasteiger partial charge in [0.1, 0.15) is 10.4 Å². The van der Waals surface area contributed by atoms with E-state index in [0.717, 1.165) is 35.8 Å². The van der Waals surface area contributed by atoms with Crippen LogP contribution in [0.3, 0.4) is 0 Å². The standard InChI is InChI=1S/C13H16BrNO/c1-13(7-3-2-6-11(13)16)9-10-5-4-8-15-12(10)14/h4-5,8H,2-3,6-7,9H2,1H3. The van der Waals surface area contributed by atoms with Crippen LogP contribution in [0.15, 0.2) is 22.9 Å². The highest BCUT2D eigenvalue weighted by atomic mass is 79.9. The number of hydrogen-bond donors (Lipinski definition) is 0. The second-order valence-corrected chi connectivity index (χ2v) is 5.57. The summed E-state index contributed by atoms with van der Waals surface area (Å²) in [6, 6.07) is 3.97. The highest BCUT2D eigenvalue weighted by molar-refractivity contribution is 9.10. The van der Waals surface area contributed by atoms with E-state index in [2.05, 4.69) is 27.8 Å². The predicted molar refractivity (Wildman–Crippen MR) is 67.2 cm³/mol. The summed E-state index contributed by atoms with van der Waals surface area (Å²) in [4.78, 5) is 16.2. The predicted octanol–water partition coefficient (Wildman–Crippen LogP) is 3.54. The minimum atomic E-state index is -0.177. The quantitative estimate of drug-likeness (QED) is 0.777. The zero-order chi connectivity index (χ0) is 11.6. The maximum Gasteiger partial charge on any atom is 0.139 e. The molecule has 1 atom stereocenters. The van der Waals surface area contributed by atoms with Crippen molar-refractivity contribution >= 4 is 21.7 Å². The molecule has 0 spiro atoms. The van der Waals surface area contributed by atoms with Crippen LogP contribution in [0.25, 0.3) is 0 Å². The molecule has 1 aliphatic carbocycles. The van der Waals surface area contributed by atoms with E-state index in [4.69, 9.17) is 0 Å². The fourth-order valence-electron chi connectivity index (χ4n) is 2.40. The van der Waals surface area contributed by atoms with Crippen LogP contribution >= 0.6 is 15.9 Å². The third-order valence-electron chi connectivity index (χ3n) is 3.47. The zero-order valence-corrected chi connectivity index (χ0v) is 11.1. The lowest BCUT2D eigenvalue weighted by Gasteiger charge is -2.32. The van der Waals surface area contributed by atoms with Crippen molar-refractivity contribution in [1.82, 2.24) is 4.98 Å². The van der Waals surface area contributed by atoms with Gasteiger partial charge in [-0.25, -0.2) is 4.98 Å². The Kier molecular flexibility index (Phi) is 3.43. The molecule has 2 nitrogen and oxygen atoms in total. The topological polar surface area (TPSA) is 30.0 Å². The van der Waals surface area contributed by atoms with E-state index in [-0.39, 0.29) is 5.41 Å². The summed E-state index contributed by atoms with van der Waals surface area (Å²) < 4.78 is 0.870. The van der Waals surface area contributed by atoms with Gasteiger partial charge in [0.05, 0.1) is 0 Å². The molecule has 86 valence electrons. The molecule has 0 saturated heterocycles. The van der Waals surface area contributed by atoms with Crippen molar-refractivity contribution in [1.29, 1.82) is 0 Å². The van der Waals surface area contributed by atoms with Gasteiger partial charge < -0.3 is 0 Å². The summed E-state index contributed by atoms with van der Waals surface area (Å²) >= 11 is 3.44. The second kappa shape index (κ2) is 4.66. The lowest BCUT2D eigenvalue weighted by Crippen LogP contribution is -2.33. The minimum absolute atomic E-state index is 0.177. The molecule has 1 unspecified atom stereocenters. The average Bonchev–Trinajstić information content (AvgIpc) is 2.26. The summed E-state index contributed by atoms with van der Waals surface area (Å²) in [6.45, 7) is 2.09. The maximum absolute atomic E-state index is 12.0. The molecule has 16 heavy (non-hydrogen) atoms. The number of pyridine rings is 1. The molecule has 0 aromatic carbocycles. The van der Waals surface area contributed by atoms with Crippen LogP contribution < -0.4 is 0 Å². The van der Waals surface area contributed by atoms with E-state index in [1.807, 2.05) is 12.1 Å². The molecular formula is C13H16BrNO. The zero-order valence-electron chi connectivity index (χ0n) is 9.50. The van der Waals surface area contributed by atoms with Gasteiger partial charge in [-0.15, -0.1) is 0 Å². The third kappa shape index (κ3) is 2.34. The van der Waals surface area contributed by atoms with Gasteiger partial charge in [-0.3, -0.25) is 4.79 Å². The molecule has 1 aromatic rings. The van der Waals surface area contributed by atoms with Gasteiger partial charge in [0.2, 0.25) is 0 Å². The number of halogens is 1. The van der Waals surface area contributed by atoms with E-state index < -0.39 is 0 Å². The van der Waals surface area contributed by atoms with E-state index in [9.17, 15) is 4.79 Å². The normalized spacial score (nSPS) is 25.8. The molecule has 0 bridgehead atoms. The molecule has 0 aliphatic heterocycles. The van der Waals surface area contributed by atoms with Crippen LogP contribution in [0.4, 0.5) is 0 Å². The van der Waals surface area contributed by atoms with Crippen molar-refractivity contribution < 1.29 is 4.79 Å². The Balaban J connectivity index is 2.20. The van der Waals surface area contributed by atoms with Gasteiger partial charge in [-0.05, 0) is 46.8 Å². The molecule has 1 saturated carbocycles. The Morgan fingerprint density at radius 2 is 2.31 bits per heavy atom. The van der Waals surface area contributed by atoms with E-state index in [1.54, 1.807) is 6.20 Å². The molecule has 1 heterocycles. The first-order chi connectivity index (χ1) is 7.62. The fourth-order valence-corrected chi connectivity index (χ4v) is 2.79. The Morgan fingerprint density at radius 1 is 1.50 bits per heavy atom. The van der Waals surface area contributed by atoms with Crippen LogP contribution in [0.5, 0.6) is 0 Å². The van der Waals surface area contributed by atoms with Gasteiger partial charge in [-0.2, -0.15) is 0 Å². The Labute approximate surface area is 105 Å². The second-order valence-electron chi connectivity index (χ2n) is 4.82. The smallest absolute Gasteiger partial charge is 0.139 e. The van der Waals surface area contributed by atoms with Gasteiger partial charge in [0.25, 0.3) is 0 Å². The third-order valence-corrected chi connectivity index (χ3v) is 4.19. The lowest BCUT2D eigenvalue weighted by atomic mass is 9.71. The highest BCUT2D eigenvalue weighted by Crippen LogP contribution is 2.36. The molecule has 1 fully saturated rings. The summed E-state index contributed by atoms with van der Waals surface area (Å²) in [5.41, 5.74) is 0.962. The summed E-state index contributed by atoms with van der Waals surface area (Å²) in [6.07, 6.45) is 6.54. The van der Waals surface area contributed by atoms with Crippen molar-refractivity contribution in [2.45, 2.75) is 39.0 Å². The number of carbonyl (C=O) groups excluding carboxylic acids is 1. The van der Waals surface area contributed by atoms with Crippen LogP contribution in [-0.2, 0) is 11.2 Å². The number of ketones is 1. The summed E-state index contributed by atoms with van der Waals surface area (Å²) in [7, 11) is 0. The van der Waals surface area contributed by atoms with Gasteiger partial charge in [-0.1, -0.05) is 19.4 Å². The lowest BCUT2D eigenvalue weighted by molar-refractivity contribution is -0.130. The van der Waals surface area contributed by atoms with E-state index in [0.29, 0.717) is 5.78 Å². The molecule has 1 aliphatic rings. The van der Waals surface area contributed by atoms with Crippen molar-refractivity contribution in [3.63, 3.8) is 0 Å². The first-order valence-corrected chi connectivity index (χ1v) is 6.54. The highest BCUT2D eigenvalue weighted by Gasteiger charge is 2.35. The number of aromatic nitrogens is 1. The summed E-state index contributed by atoms with van der Waals surface area (Å²) in [5, 5.41) is 0. The average molecular weight is 282 g/mol. The number of carbonyl (C=O) groups is 1. The number of hydrogen-bond acceptors (Lipinski definition) is 2. The molecule has 0 N–H and O–H groups in total. The monoisotopic (exact) mass is 281 g/mol. The van der Waals surface area contributed by atoms with E-state index >= 15 is 0 Å². The van der Waals surface area contributed by atoms with Gasteiger partial charge in [0, 0.05) is 18.0 Å². The maximum atomic E-state index is 12.0. The first kappa shape index (κ1) is 11.8. The van der Waals surface area contributed by atoms with Crippen molar-refractivity contribution in [3.8, 4) is 0 Å². The summed E-state index contributed by atoms with van der Waals surface area (Å²) in [5.74, 6) is 0.412. The number of nitrogens with zero attached hydrogens (tertiary/aromatic N) is 1. The molecule has 0 radical (unpaired) electrons. The largest absolute Gasteiger partial charge is 0.299 e. The fraction of sp³-hybridized carbons (Fsp3) is 0.538. The van der Waals surface area contributed by atoms with Crippen molar-refractivity contribution in [3.05, 3.63) is 28.5 Å². The molecule has 2 rings (SSSR count). The minimum Gasteiger partial charge on any atom is -0.299 e. The Morgan fingerprint density at radius 3 is 3.00 bits per heavy atom. The molecule has 0 amide bonds. The van der Waals surface area contributed by atoms with Crippen molar-refractivity contribution in [2.75, 3.05) is 0 Å². The number of Topliss-reactive ketones (excluding diaryl/α,β-unsaturated/α-hetero) is 1. The SMILES string of the molecule is CC1(Cc2cccnc2Br)CCCCC1=O. The van der Waals surface area contributed by atoms with Crippen LogP contribution in [0.1, 0.15) is 38.2 Å². The number of rotatable bonds is 2. The van der Waals surface area contributed by atoms with Crippen molar-refractivity contribution in [2.24, 2.45) is 5.41 Å². The first-order valence-electron chi connectivity index (χ1n) is 5.74. The van der Waals surface area contributed by atoms with Gasteiger partial charge in [0.15, 0.2) is 0 Å². The van der Waals surface area contributed by atoms with Crippen LogP contribution in [-0.4, -0.2) is 10.8 Å². The molecule has 3 heteroatoms. The van der Waals surface area contributed by atoms with E-state index in [1.165, 1.54) is 6.42 Å². The Hall–Kier alpha value is -0.700. The Bertz CT molecular complexity index is 405. The van der Waals surface area contributed by atoms with Crippen LogP contribution in [0.2, 0.25) is 0 Å². The van der Waals surface area contributed by atoms with Crippen LogP contribution in [0, 0.1) is 5.41 Å².